The highest BCUT2D eigenvalue weighted by atomic mass is 32.1. The van der Waals surface area contributed by atoms with Crippen LogP contribution in [0.3, 0.4) is 0 Å². The van der Waals surface area contributed by atoms with Crippen molar-refractivity contribution in [1.82, 2.24) is 5.32 Å². The summed E-state index contributed by atoms with van der Waals surface area (Å²) >= 11 is 5.22. The normalized spacial score (nSPS) is 20.4. The highest BCUT2D eigenvalue weighted by Crippen LogP contribution is 2.53. The van der Waals surface area contributed by atoms with Crippen LogP contribution in [0.2, 0.25) is 0 Å². The molecule has 0 amide bonds. The van der Waals surface area contributed by atoms with Crippen LogP contribution >= 0.6 is 20.1 Å². The fraction of sp³-hybridized carbons (Fsp3) is 0.296. The summed E-state index contributed by atoms with van der Waals surface area (Å²) in [5, 5.41) is 7.56. The molecule has 1 saturated carbocycles. The fourth-order valence-electron chi connectivity index (χ4n) is 5.06. The number of rotatable bonds is 6. The third-order valence-corrected chi connectivity index (χ3v) is 10.2. The molecule has 4 rings (SSSR count). The van der Waals surface area contributed by atoms with Gasteiger partial charge in [-0.05, 0) is 68.0 Å². The number of benzene rings is 3. The van der Waals surface area contributed by atoms with Crippen LogP contribution in [-0.2, 0) is 0 Å². The zero-order chi connectivity index (χ0) is 26.0. The first-order valence-corrected chi connectivity index (χ1v) is 13.5. The van der Waals surface area contributed by atoms with Crippen LogP contribution in [0, 0.1) is 40.9 Å². The van der Waals surface area contributed by atoms with E-state index in [9.17, 15) is 22.0 Å². The van der Waals surface area contributed by atoms with Gasteiger partial charge in [0.2, 0.25) is 5.82 Å². The quantitative estimate of drug-likeness (QED) is 0.122. The molecule has 0 aromatic heterocycles. The summed E-state index contributed by atoms with van der Waals surface area (Å²) in [5.41, 5.74) is -0.868. The Hall–Kier alpha value is -2.57. The number of anilines is 1. The van der Waals surface area contributed by atoms with Crippen molar-refractivity contribution in [2.45, 2.75) is 38.4 Å². The minimum absolute atomic E-state index is 0.169. The Labute approximate surface area is 214 Å². The van der Waals surface area contributed by atoms with Gasteiger partial charge in [-0.2, -0.15) is 0 Å². The van der Waals surface area contributed by atoms with Gasteiger partial charge in [0.25, 0.3) is 0 Å². The molecule has 0 heterocycles. The van der Waals surface area contributed by atoms with Crippen molar-refractivity contribution in [3.63, 3.8) is 0 Å². The first-order chi connectivity index (χ1) is 17.2. The van der Waals surface area contributed by atoms with E-state index in [1.807, 2.05) is 43.3 Å². The van der Waals surface area contributed by atoms with Gasteiger partial charge in [0.1, 0.15) is 5.69 Å². The smallest absolute Gasteiger partial charge is 0.200 e. The predicted octanol–water partition coefficient (Wildman–Crippen LogP) is 6.60. The van der Waals surface area contributed by atoms with Gasteiger partial charge in [-0.3, -0.25) is 0 Å². The van der Waals surface area contributed by atoms with E-state index in [1.54, 1.807) is 0 Å². The van der Waals surface area contributed by atoms with Crippen LogP contribution in [-0.4, -0.2) is 16.8 Å². The average molecular weight is 537 g/mol. The van der Waals surface area contributed by atoms with Crippen LogP contribution in [0.25, 0.3) is 0 Å². The number of hydrogen-bond acceptors (Lipinski definition) is 1. The van der Waals surface area contributed by atoms with Gasteiger partial charge in [0.05, 0.1) is 0 Å². The van der Waals surface area contributed by atoms with Crippen LogP contribution in [0.4, 0.5) is 27.6 Å². The van der Waals surface area contributed by atoms with Crippen molar-refractivity contribution >= 4 is 41.5 Å². The third-order valence-electron chi connectivity index (χ3n) is 6.79. The molecule has 190 valence electrons. The first-order valence-electron chi connectivity index (χ1n) is 11.7. The number of thiocarbonyl (C=S) groups is 1. The zero-order valence-corrected chi connectivity index (χ0v) is 21.5. The molecule has 9 heteroatoms. The minimum atomic E-state index is -2.21. The summed E-state index contributed by atoms with van der Waals surface area (Å²) in [4.78, 5) is 0. The van der Waals surface area contributed by atoms with Crippen molar-refractivity contribution in [3.8, 4) is 0 Å². The topological polar surface area (TPSA) is 24.1 Å². The van der Waals surface area contributed by atoms with E-state index in [0.717, 1.165) is 12.8 Å². The Kier molecular flexibility index (Phi) is 8.26. The minimum Gasteiger partial charge on any atom is -0.360 e. The molecule has 2 unspecified atom stereocenters. The van der Waals surface area contributed by atoms with Crippen LogP contribution < -0.4 is 21.2 Å². The standard InChI is InChI=1S/C27H26F5N2PS/c1-15-13-14-19(26(15)35(17-9-5-3-6-10-17)18-11-7-4-8-12-18)16(2)33-27(36)34-25-23(31)21(29)20(28)22(30)24(25)32/h3-12,15-16,19,26H,13-14H2,1-2H3,(H2,33,34,36)/t15?,16-,19+,26?/m1/s1. The van der Waals surface area contributed by atoms with Gasteiger partial charge < -0.3 is 10.6 Å². The van der Waals surface area contributed by atoms with Crippen molar-refractivity contribution in [2.75, 3.05) is 5.32 Å². The maximum atomic E-state index is 14.1. The Morgan fingerprint density at radius 3 is 1.78 bits per heavy atom. The van der Waals surface area contributed by atoms with E-state index in [0.29, 0.717) is 11.6 Å². The molecule has 1 fully saturated rings. The Morgan fingerprint density at radius 2 is 1.28 bits per heavy atom. The van der Waals surface area contributed by atoms with Crippen molar-refractivity contribution in [1.29, 1.82) is 0 Å². The van der Waals surface area contributed by atoms with Crippen molar-refractivity contribution < 1.29 is 22.0 Å². The molecule has 0 spiro atoms. The lowest BCUT2D eigenvalue weighted by Gasteiger charge is -2.36. The monoisotopic (exact) mass is 536 g/mol. The molecule has 36 heavy (non-hydrogen) atoms. The second kappa shape index (κ2) is 11.2. The highest BCUT2D eigenvalue weighted by molar-refractivity contribution is 7.80. The van der Waals surface area contributed by atoms with Crippen molar-refractivity contribution in [3.05, 3.63) is 89.7 Å². The third kappa shape index (κ3) is 5.25. The highest BCUT2D eigenvalue weighted by Gasteiger charge is 2.42. The molecule has 3 aromatic rings. The van der Waals surface area contributed by atoms with Crippen LogP contribution in [0.5, 0.6) is 0 Å². The van der Waals surface area contributed by atoms with E-state index < -0.39 is 42.7 Å². The predicted molar refractivity (Wildman–Crippen MR) is 140 cm³/mol. The molecule has 2 nitrogen and oxygen atoms in total. The zero-order valence-electron chi connectivity index (χ0n) is 19.7. The number of hydrogen-bond donors (Lipinski definition) is 2. The molecule has 0 aliphatic heterocycles. The van der Waals surface area contributed by atoms with Gasteiger partial charge in [0, 0.05) is 6.04 Å². The molecule has 0 saturated heterocycles. The summed E-state index contributed by atoms with van der Waals surface area (Å²) in [6.45, 7) is 4.18. The molecule has 3 aromatic carbocycles. The molecular formula is C27H26F5N2PS. The van der Waals surface area contributed by atoms with Crippen LogP contribution in [0.15, 0.2) is 60.7 Å². The Bertz CT molecular complexity index is 1160. The summed E-state index contributed by atoms with van der Waals surface area (Å²) in [6, 6.07) is 20.5. The van der Waals surface area contributed by atoms with Crippen molar-refractivity contribution in [2.24, 2.45) is 11.8 Å². The number of nitrogens with one attached hydrogen (secondary N) is 2. The van der Waals surface area contributed by atoms with Crippen LogP contribution in [0.1, 0.15) is 26.7 Å². The largest absolute Gasteiger partial charge is 0.360 e. The fourth-order valence-corrected chi connectivity index (χ4v) is 8.77. The average Bonchev–Trinajstić information content (AvgIpc) is 3.26. The maximum absolute atomic E-state index is 14.1. The first kappa shape index (κ1) is 26.5. The molecule has 1 aliphatic rings. The van der Waals surface area contributed by atoms with E-state index in [4.69, 9.17) is 12.2 Å². The lowest BCUT2D eigenvalue weighted by Crippen LogP contribution is -2.44. The molecule has 1 aliphatic carbocycles. The van der Waals surface area contributed by atoms with Gasteiger partial charge in [-0.25, -0.2) is 22.0 Å². The Balaban J connectivity index is 1.58. The number of halogens is 5. The maximum Gasteiger partial charge on any atom is 0.200 e. The summed E-state index contributed by atoms with van der Waals surface area (Å²) in [7, 11) is -0.723. The summed E-state index contributed by atoms with van der Waals surface area (Å²) in [6.07, 6.45) is 1.93. The Morgan fingerprint density at radius 1 is 0.806 bits per heavy atom. The SMILES string of the molecule is CC1CC[C@@H]([C@@H](C)NC(=S)Nc2c(F)c(F)c(F)c(F)c2F)C1P(c1ccccc1)c1ccccc1. The molecule has 4 atom stereocenters. The van der Waals surface area contributed by atoms with Gasteiger partial charge >= 0.3 is 0 Å². The molecular weight excluding hydrogens is 510 g/mol. The lowest BCUT2D eigenvalue weighted by atomic mass is 9.98. The van der Waals surface area contributed by atoms with Gasteiger partial charge in [-0.15, -0.1) is 0 Å². The molecule has 2 N–H and O–H groups in total. The van der Waals surface area contributed by atoms with E-state index in [2.05, 4.69) is 41.8 Å². The summed E-state index contributed by atoms with van der Waals surface area (Å²) < 4.78 is 68.8. The summed E-state index contributed by atoms with van der Waals surface area (Å²) in [5.74, 6) is -9.56. The molecule has 0 radical (unpaired) electrons. The second-order valence-electron chi connectivity index (χ2n) is 9.08. The van der Waals surface area contributed by atoms with E-state index in [1.165, 1.54) is 10.6 Å². The lowest BCUT2D eigenvalue weighted by molar-refractivity contribution is 0.382. The van der Waals surface area contributed by atoms with Gasteiger partial charge in [0.15, 0.2) is 28.4 Å². The van der Waals surface area contributed by atoms with E-state index >= 15 is 0 Å². The second-order valence-corrected chi connectivity index (χ2v) is 11.9. The van der Waals surface area contributed by atoms with Gasteiger partial charge in [-0.1, -0.05) is 67.6 Å². The van der Waals surface area contributed by atoms with E-state index in [-0.39, 0.29) is 17.1 Å². The molecule has 0 bridgehead atoms.